The number of benzene rings is 2. The van der Waals surface area contributed by atoms with E-state index in [9.17, 15) is 24.4 Å². The Balaban J connectivity index is 1.46. The number of hydrogen-bond acceptors (Lipinski definition) is 8. The van der Waals surface area contributed by atoms with Crippen LogP contribution in [0.1, 0.15) is 39.5 Å². The summed E-state index contributed by atoms with van der Waals surface area (Å²) in [6.45, 7) is 5.06. The zero-order chi connectivity index (χ0) is 25.8. The van der Waals surface area contributed by atoms with Gasteiger partial charge in [0.1, 0.15) is 23.6 Å². The van der Waals surface area contributed by atoms with Crippen molar-refractivity contribution < 1.29 is 33.9 Å². The van der Waals surface area contributed by atoms with Crippen molar-refractivity contribution in [2.24, 2.45) is 0 Å². The number of amides is 4. The maximum atomic E-state index is 13.1. The van der Waals surface area contributed by atoms with Crippen molar-refractivity contribution in [3.8, 4) is 11.5 Å². The van der Waals surface area contributed by atoms with E-state index in [-0.39, 0.29) is 12.8 Å². The summed E-state index contributed by atoms with van der Waals surface area (Å²) in [5.41, 5.74) is 0.677. The highest BCUT2D eigenvalue weighted by molar-refractivity contribution is 6.24. The minimum absolute atomic E-state index is 0.315. The molecule has 2 atom stereocenters. The summed E-state index contributed by atoms with van der Waals surface area (Å²) in [5, 5.41) is 11.4. The van der Waals surface area contributed by atoms with Gasteiger partial charge in [0.2, 0.25) is 11.8 Å². The molecule has 2 saturated heterocycles. The van der Waals surface area contributed by atoms with Crippen LogP contribution < -0.4 is 19.3 Å². The molecule has 0 aromatic heterocycles. The first-order valence-corrected chi connectivity index (χ1v) is 12.0. The van der Waals surface area contributed by atoms with Crippen molar-refractivity contribution in [3.63, 3.8) is 0 Å². The van der Waals surface area contributed by atoms with Gasteiger partial charge in [-0.1, -0.05) is 13.8 Å². The first-order valence-electron chi connectivity index (χ1n) is 12.0. The maximum Gasteiger partial charge on any atom is 0.254 e. The van der Waals surface area contributed by atoms with Gasteiger partial charge in [-0.15, -0.1) is 0 Å². The molecular weight excluding hydrogens is 466 g/mol. The third kappa shape index (κ3) is 4.95. The number of carbonyl (C=O) groups excluding carboxylic acids is 4. The second-order valence-electron chi connectivity index (χ2n) is 8.64. The highest BCUT2D eigenvalue weighted by Crippen LogP contribution is 2.32. The molecule has 36 heavy (non-hydrogen) atoms. The molecule has 2 aliphatic rings. The second-order valence-corrected chi connectivity index (χ2v) is 8.64. The number of carbonyl (C=O) groups is 4. The van der Waals surface area contributed by atoms with Crippen LogP contribution in [0.3, 0.4) is 0 Å². The molecular formula is C26H29N3O7. The standard InChI is InChI=1S/C26H29N3O7/c1-3-13-35-19-9-5-17(6-10-19)27-23(30)15-21(25(27)32)29(34)22-16-24(31)28(26(22)33)18-7-11-20(12-8-18)36-14-4-2/h5-12,21-22,34H,3-4,13-16H2,1-2H3. The summed E-state index contributed by atoms with van der Waals surface area (Å²) >= 11 is 0. The normalized spacial score (nSPS) is 20.1. The minimum Gasteiger partial charge on any atom is -0.494 e. The zero-order valence-corrected chi connectivity index (χ0v) is 20.3. The van der Waals surface area contributed by atoms with Crippen LogP contribution in [0.15, 0.2) is 48.5 Å². The van der Waals surface area contributed by atoms with E-state index in [2.05, 4.69) is 0 Å². The van der Waals surface area contributed by atoms with Crippen molar-refractivity contribution in [1.29, 1.82) is 0 Å². The third-order valence-electron chi connectivity index (χ3n) is 6.02. The molecule has 10 nitrogen and oxygen atoms in total. The van der Waals surface area contributed by atoms with Gasteiger partial charge in [0, 0.05) is 0 Å². The van der Waals surface area contributed by atoms with Crippen LogP contribution in [0, 0.1) is 0 Å². The average Bonchev–Trinajstić information content (AvgIpc) is 3.35. The Hall–Kier alpha value is -3.76. The summed E-state index contributed by atoms with van der Waals surface area (Å²) in [5.74, 6) is -1.13. The van der Waals surface area contributed by atoms with Crippen LogP contribution in [0.25, 0.3) is 0 Å². The van der Waals surface area contributed by atoms with Crippen molar-refractivity contribution >= 4 is 35.0 Å². The lowest BCUT2D eigenvalue weighted by Crippen LogP contribution is -2.49. The lowest BCUT2D eigenvalue weighted by molar-refractivity contribution is -0.172. The fraction of sp³-hybridized carbons (Fsp3) is 0.385. The third-order valence-corrected chi connectivity index (χ3v) is 6.02. The molecule has 0 saturated carbocycles. The molecule has 0 radical (unpaired) electrons. The first-order chi connectivity index (χ1) is 17.3. The lowest BCUT2D eigenvalue weighted by atomic mass is 10.1. The van der Waals surface area contributed by atoms with E-state index in [0.717, 1.165) is 22.6 Å². The van der Waals surface area contributed by atoms with Gasteiger partial charge in [0.25, 0.3) is 11.8 Å². The van der Waals surface area contributed by atoms with Crippen molar-refractivity contribution in [1.82, 2.24) is 5.06 Å². The number of ether oxygens (including phenoxy) is 2. The highest BCUT2D eigenvalue weighted by atomic mass is 16.5. The van der Waals surface area contributed by atoms with Gasteiger partial charge in [0.15, 0.2) is 0 Å². The maximum absolute atomic E-state index is 13.1. The molecule has 10 heteroatoms. The predicted octanol–water partition coefficient (Wildman–Crippen LogP) is 2.92. The number of imide groups is 2. The Morgan fingerprint density at radius 1 is 0.722 bits per heavy atom. The molecule has 4 amide bonds. The minimum atomic E-state index is -1.28. The molecule has 2 fully saturated rings. The van der Waals surface area contributed by atoms with Crippen molar-refractivity contribution in [2.45, 2.75) is 51.6 Å². The summed E-state index contributed by atoms with van der Waals surface area (Å²) in [6.07, 6.45) is 1.06. The zero-order valence-electron chi connectivity index (χ0n) is 20.3. The van der Waals surface area contributed by atoms with Crippen LogP contribution >= 0.6 is 0 Å². The number of hydroxylamine groups is 2. The van der Waals surface area contributed by atoms with Gasteiger partial charge in [0.05, 0.1) is 37.4 Å². The molecule has 2 aromatic rings. The molecule has 0 aliphatic carbocycles. The Labute approximate surface area is 208 Å². The smallest absolute Gasteiger partial charge is 0.254 e. The van der Waals surface area contributed by atoms with Crippen LogP contribution in [-0.4, -0.2) is 59.2 Å². The molecule has 4 rings (SSSR count). The molecule has 1 N–H and O–H groups in total. The van der Waals surface area contributed by atoms with E-state index in [0.29, 0.717) is 41.2 Å². The van der Waals surface area contributed by atoms with Crippen molar-refractivity contribution in [3.05, 3.63) is 48.5 Å². The van der Waals surface area contributed by atoms with Crippen LogP contribution in [-0.2, 0) is 19.2 Å². The summed E-state index contributed by atoms with van der Waals surface area (Å²) < 4.78 is 11.1. The monoisotopic (exact) mass is 495 g/mol. The molecule has 2 aromatic carbocycles. The molecule has 0 bridgehead atoms. The number of anilines is 2. The van der Waals surface area contributed by atoms with Gasteiger partial charge in [-0.2, -0.15) is 5.06 Å². The van der Waals surface area contributed by atoms with Gasteiger partial charge in [-0.25, -0.2) is 9.80 Å². The quantitative estimate of drug-likeness (QED) is 0.395. The van der Waals surface area contributed by atoms with Gasteiger partial charge >= 0.3 is 0 Å². The molecule has 2 heterocycles. The summed E-state index contributed by atoms with van der Waals surface area (Å²) in [6, 6.07) is 10.4. The summed E-state index contributed by atoms with van der Waals surface area (Å²) in [4.78, 5) is 53.5. The van der Waals surface area contributed by atoms with Crippen LogP contribution in [0.4, 0.5) is 11.4 Å². The highest BCUT2D eigenvalue weighted by Gasteiger charge is 2.50. The Bertz CT molecular complexity index is 1040. The molecule has 0 spiro atoms. The summed E-state index contributed by atoms with van der Waals surface area (Å²) in [7, 11) is 0. The van der Waals surface area contributed by atoms with Gasteiger partial charge in [-0.3, -0.25) is 19.2 Å². The molecule has 190 valence electrons. The Morgan fingerprint density at radius 2 is 1.08 bits per heavy atom. The first kappa shape index (κ1) is 25.3. The average molecular weight is 496 g/mol. The van der Waals surface area contributed by atoms with E-state index in [4.69, 9.17) is 9.47 Å². The second kappa shape index (κ2) is 10.9. The number of nitrogens with zero attached hydrogens (tertiary/aromatic N) is 3. The van der Waals surface area contributed by atoms with E-state index >= 15 is 0 Å². The van der Waals surface area contributed by atoms with E-state index in [1.54, 1.807) is 48.5 Å². The number of rotatable bonds is 10. The van der Waals surface area contributed by atoms with Gasteiger partial charge < -0.3 is 14.7 Å². The predicted molar refractivity (Wildman–Crippen MR) is 130 cm³/mol. The topological polar surface area (TPSA) is 117 Å². The SMILES string of the molecule is CCCOc1ccc(N2C(=O)CC(N(O)C3CC(=O)N(c4ccc(OCCC)cc4)C3=O)C2=O)cc1. The molecule has 2 unspecified atom stereocenters. The van der Waals surface area contributed by atoms with E-state index < -0.39 is 35.7 Å². The fourth-order valence-electron chi connectivity index (χ4n) is 4.23. The number of hydrogen-bond donors (Lipinski definition) is 1. The van der Waals surface area contributed by atoms with Crippen LogP contribution in [0.2, 0.25) is 0 Å². The Morgan fingerprint density at radius 3 is 1.42 bits per heavy atom. The Kier molecular flexibility index (Phi) is 7.66. The van der Waals surface area contributed by atoms with Crippen LogP contribution in [0.5, 0.6) is 11.5 Å². The van der Waals surface area contributed by atoms with E-state index in [1.807, 2.05) is 13.8 Å². The van der Waals surface area contributed by atoms with E-state index in [1.165, 1.54) is 0 Å². The molecule has 2 aliphatic heterocycles. The largest absolute Gasteiger partial charge is 0.494 e. The fourth-order valence-corrected chi connectivity index (χ4v) is 4.23. The lowest BCUT2D eigenvalue weighted by Gasteiger charge is -2.25. The van der Waals surface area contributed by atoms with Crippen molar-refractivity contribution in [2.75, 3.05) is 23.0 Å². The van der Waals surface area contributed by atoms with Gasteiger partial charge in [-0.05, 0) is 61.4 Å².